The van der Waals surface area contributed by atoms with E-state index in [4.69, 9.17) is 10.2 Å². The molecule has 6 heteroatoms. The standard InChI is InChI=1S/C15H14N2O4/c16-6-9-5-13(19)17(7-9)15-11(8-18)14(20)10-3-1-2-4-12(10)21-15/h1-4,8-9H,5-7,16H2. The Bertz CT molecular complexity index is 781. The van der Waals surface area contributed by atoms with Crippen LogP contribution in [0.5, 0.6) is 0 Å². The summed E-state index contributed by atoms with van der Waals surface area (Å²) < 4.78 is 5.64. The number of nitrogens with two attached hydrogens (primary N) is 1. The molecule has 2 aromatic rings. The van der Waals surface area contributed by atoms with E-state index < -0.39 is 5.43 Å². The van der Waals surface area contributed by atoms with Crippen LogP contribution < -0.4 is 16.1 Å². The largest absolute Gasteiger partial charge is 0.439 e. The second-order valence-electron chi connectivity index (χ2n) is 5.07. The fourth-order valence-electron chi connectivity index (χ4n) is 2.58. The van der Waals surface area contributed by atoms with Crippen LogP contribution in [0.1, 0.15) is 16.8 Å². The highest BCUT2D eigenvalue weighted by Gasteiger charge is 2.33. The van der Waals surface area contributed by atoms with Crippen LogP contribution in [0.2, 0.25) is 0 Å². The molecule has 1 fully saturated rings. The first kappa shape index (κ1) is 13.5. The van der Waals surface area contributed by atoms with Crippen molar-refractivity contribution >= 4 is 29.0 Å². The van der Waals surface area contributed by atoms with Crippen molar-refractivity contribution in [2.45, 2.75) is 6.42 Å². The molecule has 1 unspecified atom stereocenters. The summed E-state index contributed by atoms with van der Waals surface area (Å²) in [6.45, 7) is 0.730. The number of nitrogens with zero attached hydrogens (tertiary/aromatic N) is 1. The van der Waals surface area contributed by atoms with Gasteiger partial charge in [-0.25, -0.2) is 0 Å². The molecule has 2 N–H and O–H groups in total. The molecule has 0 spiro atoms. The Kier molecular flexibility index (Phi) is 3.31. The molecule has 1 aliphatic heterocycles. The topological polar surface area (TPSA) is 93.6 Å². The maximum atomic E-state index is 12.3. The molecule has 1 aromatic carbocycles. The van der Waals surface area contributed by atoms with Crippen molar-refractivity contribution in [3.8, 4) is 0 Å². The van der Waals surface area contributed by atoms with Gasteiger partial charge in [-0.3, -0.25) is 19.3 Å². The summed E-state index contributed by atoms with van der Waals surface area (Å²) in [7, 11) is 0. The van der Waals surface area contributed by atoms with E-state index in [-0.39, 0.29) is 23.3 Å². The lowest BCUT2D eigenvalue weighted by Crippen LogP contribution is -2.28. The van der Waals surface area contributed by atoms with Gasteiger partial charge in [-0.1, -0.05) is 12.1 Å². The smallest absolute Gasteiger partial charge is 0.229 e. The van der Waals surface area contributed by atoms with Crippen molar-refractivity contribution < 1.29 is 14.0 Å². The first-order valence-corrected chi connectivity index (χ1v) is 6.67. The number of benzene rings is 1. The van der Waals surface area contributed by atoms with Gasteiger partial charge in [0.05, 0.1) is 5.39 Å². The van der Waals surface area contributed by atoms with Gasteiger partial charge in [-0.2, -0.15) is 0 Å². The number of anilines is 1. The van der Waals surface area contributed by atoms with Crippen LogP contribution in [0.4, 0.5) is 5.88 Å². The molecule has 6 nitrogen and oxygen atoms in total. The Balaban J connectivity index is 2.20. The quantitative estimate of drug-likeness (QED) is 0.847. The van der Waals surface area contributed by atoms with Gasteiger partial charge in [0.1, 0.15) is 11.1 Å². The number of carbonyl (C=O) groups is 2. The highest BCUT2D eigenvalue weighted by Crippen LogP contribution is 2.28. The second kappa shape index (κ2) is 5.14. The fourth-order valence-corrected chi connectivity index (χ4v) is 2.58. The number of rotatable bonds is 3. The monoisotopic (exact) mass is 286 g/mol. The van der Waals surface area contributed by atoms with Gasteiger partial charge < -0.3 is 10.2 Å². The summed E-state index contributed by atoms with van der Waals surface area (Å²) in [4.78, 5) is 37.0. The lowest BCUT2D eigenvalue weighted by atomic mass is 10.1. The average Bonchev–Trinajstić information content (AvgIpc) is 2.88. The van der Waals surface area contributed by atoms with Crippen LogP contribution >= 0.6 is 0 Å². The van der Waals surface area contributed by atoms with Crippen molar-refractivity contribution in [2.24, 2.45) is 11.7 Å². The predicted octanol–water partition coefficient (Wildman–Crippen LogP) is 0.917. The SMILES string of the molecule is NCC1CC(=O)N(c2oc3ccccc3c(=O)c2C=O)C1. The van der Waals surface area contributed by atoms with Crippen LogP contribution in [0.3, 0.4) is 0 Å². The summed E-state index contributed by atoms with van der Waals surface area (Å²) >= 11 is 0. The van der Waals surface area contributed by atoms with Gasteiger partial charge in [0.25, 0.3) is 0 Å². The van der Waals surface area contributed by atoms with Gasteiger partial charge in [-0.15, -0.1) is 0 Å². The van der Waals surface area contributed by atoms with E-state index in [2.05, 4.69) is 0 Å². The molecular formula is C15H14N2O4. The summed E-state index contributed by atoms with van der Waals surface area (Å²) in [6.07, 6.45) is 0.738. The van der Waals surface area contributed by atoms with E-state index in [1.54, 1.807) is 24.3 Å². The Labute approximate surface area is 120 Å². The Morgan fingerprint density at radius 3 is 2.76 bits per heavy atom. The molecule has 1 saturated heterocycles. The Hall–Kier alpha value is -2.47. The van der Waals surface area contributed by atoms with E-state index >= 15 is 0 Å². The highest BCUT2D eigenvalue weighted by atomic mass is 16.4. The lowest BCUT2D eigenvalue weighted by molar-refractivity contribution is -0.117. The minimum atomic E-state index is -0.425. The van der Waals surface area contributed by atoms with E-state index in [0.717, 1.165) is 0 Å². The van der Waals surface area contributed by atoms with Crippen molar-refractivity contribution in [1.29, 1.82) is 0 Å². The van der Waals surface area contributed by atoms with Gasteiger partial charge in [0.15, 0.2) is 6.29 Å². The van der Waals surface area contributed by atoms with E-state index in [0.29, 0.717) is 36.8 Å². The Morgan fingerprint density at radius 2 is 2.10 bits per heavy atom. The molecule has 3 rings (SSSR count). The number of hydrogen-bond acceptors (Lipinski definition) is 5. The molecule has 0 saturated carbocycles. The predicted molar refractivity (Wildman–Crippen MR) is 77.4 cm³/mol. The molecule has 1 aliphatic rings. The summed E-state index contributed by atoms with van der Waals surface area (Å²) in [5, 5.41) is 0.324. The maximum Gasteiger partial charge on any atom is 0.229 e. The Morgan fingerprint density at radius 1 is 1.33 bits per heavy atom. The molecule has 1 aromatic heterocycles. The number of amides is 1. The molecule has 2 heterocycles. The second-order valence-corrected chi connectivity index (χ2v) is 5.07. The van der Waals surface area contributed by atoms with Gasteiger partial charge in [-0.05, 0) is 24.6 Å². The van der Waals surface area contributed by atoms with E-state index in [1.807, 2.05) is 0 Å². The summed E-state index contributed by atoms with van der Waals surface area (Å²) in [5.41, 5.74) is 5.39. The van der Waals surface area contributed by atoms with E-state index in [9.17, 15) is 14.4 Å². The normalized spacial score (nSPS) is 18.4. The zero-order chi connectivity index (χ0) is 15.0. The molecule has 1 amide bonds. The third-order valence-corrected chi connectivity index (χ3v) is 3.71. The third kappa shape index (κ3) is 2.13. The molecule has 1 atom stereocenters. The van der Waals surface area contributed by atoms with Crippen molar-refractivity contribution in [3.05, 3.63) is 40.1 Å². The highest BCUT2D eigenvalue weighted by molar-refractivity contribution is 6.00. The zero-order valence-corrected chi connectivity index (χ0v) is 11.2. The first-order valence-electron chi connectivity index (χ1n) is 6.67. The zero-order valence-electron chi connectivity index (χ0n) is 11.2. The molecule has 0 radical (unpaired) electrons. The first-order chi connectivity index (χ1) is 10.2. The molecular weight excluding hydrogens is 272 g/mol. The summed E-state index contributed by atoms with van der Waals surface area (Å²) in [6, 6.07) is 6.64. The van der Waals surface area contributed by atoms with Crippen molar-refractivity contribution in [2.75, 3.05) is 18.0 Å². The van der Waals surface area contributed by atoms with Gasteiger partial charge in [0, 0.05) is 13.0 Å². The molecule has 0 aliphatic carbocycles. The van der Waals surface area contributed by atoms with Crippen LogP contribution in [-0.2, 0) is 4.79 Å². The van der Waals surface area contributed by atoms with Crippen LogP contribution in [0.25, 0.3) is 11.0 Å². The van der Waals surface area contributed by atoms with Crippen molar-refractivity contribution in [1.82, 2.24) is 0 Å². The molecule has 108 valence electrons. The maximum absolute atomic E-state index is 12.3. The van der Waals surface area contributed by atoms with Crippen molar-refractivity contribution in [3.63, 3.8) is 0 Å². The van der Waals surface area contributed by atoms with Crippen LogP contribution in [0, 0.1) is 5.92 Å². The number of carbonyl (C=O) groups excluding carboxylic acids is 2. The average molecular weight is 286 g/mol. The number of fused-ring (bicyclic) bond motifs is 1. The lowest BCUT2D eigenvalue weighted by Gasteiger charge is -2.16. The number of para-hydroxylation sites is 1. The minimum absolute atomic E-state index is 0.00812. The number of hydrogen-bond donors (Lipinski definition) is 1. The molecule has 21 heavy (non-hydrogen) atoms. The van der Waals surface area contributed by atoms with Crippen LogP contribution in [-0.4, -0.2) is 25.3 Å². The summed E-state index contributed by atoms with van der Waals surface area (Å²) in [5.74, 6) is -0.157. The third-order valence-electron chi connectivity index (χ3n) is 3.71. The fraction of sp³-hybridized carbons (Fsp3) is 0.267. The minimum Gasteiger partial charge on any atom is -0.439 e. The van der Waals surface area contributed by atoms with Gasteiger partial charge >= 0.3 is 0 Å². The van der Waals surface area contributed by atoms with Gasteiger partial charge in [0.2, 0.25) is 17.2 Å². The van der Waals surface area contributed by atoms with E-state index in [1.165, 1.54) is 4.90 Å². The number of aldehydes is 1. The van der Waals surface area contributed by atoms with Crippen LogP contribution in [0.15, 0.2) is 33.5 Å². The molecule has 0 bridgehead atoms.